The van der Waals surface area contributed by atoms with Gasteiger partial charge in [0.1, 0.15) is 0 Å². The van der Waals surface area contributed by atoms with Gasteiger partial charge in [0.15, 0.2) is 17.1 Å². The van der Waals surface area contributed by atoms with Gasteiger partial charge in [-0.1, -0.05) is 19.3 Å². The van der Waals surface area contributed by atoms with Crippen molar-refractivity contribution in [3.05, 3.63) is 40.3 Å². The van der Waals surface area contributed by atoms with Crippen LogP contribution in [-0.4, -0.2) is 35.9 Å². The van der Waals surface area contributed by atoms with Crippen molar-refractivity contribution in [2.24, 2.45) is 0 Å². The first-order valence-corrected chi connectivity index (χ1v) is 9.57. The van der Waals surface area contributed by atoms with Gasteiger partial charge in [0.25, 0.3) is 5.56 Å². The lowest BCUT2D eigenvalue weighted by molar-refractivity contribution is 0.324. The van der Waals surface area contributed by atoms with Gasteiger partial charge in [-0.2, -0.15) is 0 Å². The molecule has 1 N–H and O–H groups in total. The molecular formula is C21H25N3O4. The van der Waals surface area contributed by atoms with E-state index in [4.69, 9.17) is 19.2 Å². The molecule has 4 rings (SSSR count). The van der Waals surface area contributed by atoms with Crippen LogP contribution in [0.25, 0.3) is 16.9 Å². The van der Waals surface area contributed by atoms with E-state index in [0.717, 1.165) is 29.8 Å². The Morgan fingerprint density at radius 1 is 0.964 bits per heavy atom. The summed E-state index contributed by atoms with van der Waals surface area (Å²) in [7, 11) is 4.73. The number of ether oxygens (including phenoxy) is 3. The van der Waals surface area contributed by atoms with E-state index in [2.05, 4.69) is 5.10 Å². The summed E-state index contributed by atoms with van der Waals surface area (Å²) in [4.78, 5) is 17.4. The highest BCUT2D eigenvalue weighted by atomic mass is 16.5. The van der Waals surface area contributed by atoms with Gasteiger partial charge in [-0.05, 0) is 25.0 Å². The minimum atomic E-state index is -0.0933. The zero-order chi connectivity index (χ0) is 19.7. The predicted molar refractivity (Wildman–Crippen MR) is 107 cm³/mol. The van der Waals surface area contributed by atoms with Crippen LogP contribution in [0, 0.1) is 0 Å². The number of rotatable bonds is 5. The van der Waals surface area contributed by atoms with Crippen LogP contribution in [0.5, 0.6) is 17.2 Å². The summed E-state index contributed by atoms with van der Waals surface area (Å²) in [6.07, 6.45) is 5.89. The Labute approximate surface area is 163 Å². The Morgan fingerprint density at radius 3 is 2.25 bits per heavy atom. The molecule has 28 heavy (non-hydrogen) atoms. The molecule has 1 aromatic carbocycles. The van der Waals surface area contributed by atoms with Gasteiger partial charge in [-0.25, -0.2) is 9.50 Å². The van der Waals surface area contributed by atoms with E-state index in [0.29, 0.717) is 28.8 Å². The number of nitrogens with zero attached hydrogens (tertiary/aromatic N) is 2. The summed E-state index contributed by atoms with van der Waals surface area (Å²) in [5, 5.41) is 3.14. The van der Waals surface area contributed by atoms with Crippen LogP contribution in [0.4, 0.5) is 0 Å². The number of hydrogen-bond donors (Lipinski definition) is 1. The van der Waals surface area contributed by atoms with E-state index in [-0.39, 0.29) is 5.56 Å². The number of aromatic amines is 1. The number of hydrogen-bond acceptors (Lipinski definition) is 5. The maximum absolute atomic E-state index is 12.7. The van der Waals surface area contributed by atoms with Crippen LogP contribution in [0.2, 0.25) is 0 Å². The predicted octanol–water partition coefficient (Wildman–Crippen LogP) is 3.76. The summed E-state index contributed by atoms with van der Waals surface area (Å²) in [5.74, 6) is 2.02. The molecule has 2 aromatic heterocycles. The highest BCUT2D eigenvalue weighted by Gasteiger charge is 2.20. The molecule has 0 radical (unpaired) electrons. The number of H-pyrrole nitrogens is 1. The summed E-state index contributed by atoms with van der Waals surface area (Å²) < 4.78 is 17.7. The topological polar surface area (TPSA) is 77.8 Å². The van der Waals surface area contributed by atoms with E-state index in [1.807, 2.05) is 18.2 Å². The van der Waals surface area contributed by atoms with Crippen molar-refractivity contribution < 1.29 is 14.2 Å². The molecule has 2 heterocycles. The van der Waals surface area contributed by atoms with Crippen molar-refractivity contribution in [3.8, 4) is 28.5 Å². The van der Waals surface area contributed by atoms with Crippen LogP contribution >= 0.6 is 0 Å². The van der Waals surface area contributed by atoms with Gasteiger partial charge >= 0.3 is 0 Å². The fourth-order valence-electron chi connectivity index (χ4n) is 4.00. The minimum Gasteiger partial charge on any atom is -0.493 e. The van der Waals surface area contributed by atoms with Crippen LogP contribution in [0.15, 0.2) is 29.1 Å². The number of methoxy groups -OCH3 is 3. The zero-order valence-corrected chi connectivity index (χ0v) is 16.4. The summed E-state index contributed by atoms with van der Waals surface area (Å²) in [5.41, 5.74) is 3.00. The number of aromatic nitrogens is 3. The normalized spacial score (nSPS) is 15.0. The molecule has 0 spiro atoms. The molecule has 1 aliphatic carbocycles. The quantitative estimate of drug-likeness (QED) is 0.726. The lowest BCUT2D eigenvalue weighted by atomic mass is 9.87. The van der Waals surface area contributed by atoms with Crippen molar-refractivity contribution in [3.63, 3.8) is 0 Å². The fourth-order valence-corrected chi connectivity index (χ4v) is 4.00. The third-order valence-corrected chi connectivity index (χ3v) is 5.47. The average Bonchev–Trinajstić information content (AvgIpc) is 3.18. The zero-order valence-electron chi connectivity index (χ0n) is 16.4. The molecule has 1 saturated carbocycles. The van der Waals surface area contributed by atoms with Crippen molar-refractivity contribution in [1.29, 1.82) is 0 Å². The lowest BCUT2D eigenvalue weighted by Gasteiger charge is -2.20. The second-order valence-electron chi connectivity index (χ2n) is 7.13. The number of benzene rings is 1. The maximum Gasteiger partial charge on any atom is 0.272 e. The summed E-state index contributed by atoms with van der Waals surface area (Å²) >= 11 is 0. The van der Waals surface area contributed by atoms with E-state index >= 15 is 0 Å². The van der Waals surface area contributed by atoms with Crippen molar-refractivity contribution >= 4 is 5.65 Å². The van der Waals surface area contributed by atoms with E-state index < -0.39 is 0 Å². The van der Waals surface area contributed by atoms with Gasteiger partial charge in [0.2, 0.25) is 5.75 Å². The fraction of sp³-hybridized carbons (Fsp3) is 0.429. The molecule has 0 bridgehead atoms. The Bertz CT molecular complexity index is 1020. The first-order chi connectivity index (χ1) is 13.6. The largest absolute Gasteiger partial charge is 0.493 e. The average molecular weight is 383 g/mol. The van der Waals surface area contributed by atoms with E-state index in [9.17, 15) is 4.79 Å². The van der Waals surface area contributed by atoms with Crippen LogP contribution in [-0.2, 0) is 0 Å². The second-order valence-corrected chi connectivity index (χ2v) is 7.13. The summed E-state index contributed by atoms with van der Waals surface area (Å²) in [6, 6.07) is 7.24. The van der Waals surface area contributed by atoms with Gasteiger partial charge in [-0.15, -0.1) is 0 Å². The van der Waals surface area contributed by atoms with Gasteiger partial charge in [0, 0.05) is 23.6 Å². The highest BCUT2D eigenvalue weighted by molar-refractivity contribution is 5.71. The molecule has 0 atom stereocenters. The van der Waals surface area contributed by atoms with Gasteiger partial charge < -0.3 is 14.2 Å². The molecule has 7 nitrogen and oxygen atoms in total. The molecule has 1 aliphatic rings. The molecule has 0 aliphatic heterocycles. The van der Waals surface area contributed by atoms with Gasteiger partial charge in [0.05, 0.1) is 32.7 Å². The molecule has 0 saturated heterocycles. The van der Waals surface area contributed by atoms with Crippen LogP contribution in [0.1, 0.15) is 43.7 Å². The Hall–Kier alpha value is -2.96. The molecule has 148 valence electrons. The first kappa shape index (κ1) is 18.4. The summed E-state index contributed by atoms with van der Waals surface area (Å²) in [6.45, 7) is 0. The monoisotopic (exact) mass is 383 g/mol. The van der Waals surface area contributed by atoms with Crippen molar-refractivity contribution in [2.45, 2.75) is 38.0 Å². The first-order valence-electron chi connectivity index (χ1n) is 9.57. The molecule has 3 aromatic rings. The van der Waals surface area contributed by atoms with E-state index in [1.165, 1.54) is 23.8 Å². The highest BCUT2D eigenvalue weighted by Crippen LogP contribution is 2.41. The van der Waals surface area contributed by atoms with Crippen LogP contribution in [0.3, 0.4) is 0 Å². The third-order valence-electron chi connectivity index (χ3n) is 5.47. The van der Waals surface area contributed by atoms with Gasteiger partial charge in [-0.3, -0.25) is 9.89 Å². The molecule has 0 amide bonds. The SMILES string of the molecule is COc1cc(-c2cc3nc(C4CCCCC4)cc(=O)n3[nH]2)cc(OC)c1OC. The van der Waals surface area contributed by atoms with E-state index in [1.54, 1.807) is 27.4 Å². The minimum absolute atomic E-state index is 0.0933. The molecular weight excluding hydrogens is 358 g/mol. The maximum atomic E-state index is 12.7. The molecule has 7 heteroatoms. The third kappa shape index (κ3) is 3.21. The molecule has 0 unspecified atom stereocenters. The Kier molecular flexibility index (Phi) is 4.98. The van der Waals surface area contributed by atoms with Crippen LogP contribution < -0.4 is 19.8 Å². The smallest absolute Gasteiger partial charge is 0.272 e. The second kappa shape index (κ2) is 7.58. The lowest BCUT2D eigenvalue weighted by Crippen LogP contribution is -2.18. The number of fused-ring (bicyclic) bond motifs is 1. The number of nitrogens with one attached hydrogen (secondary N) is 1. The Morgan fingerprint density at radius 2 is 1.64 bits per heavy atom. The Balaban J connectivity index is 1.80. The standard InChI is InChI=1S/C21H25N3O4/c1-26-17-9-14(10-18(27-2)21(17)28-3)16-11-19-22-15(12-20(25)24(19)23-16)13-7-5-4-6-8-13/h9-13,23H,4-8H2,1-3H3. The van der Waals surface area contributed by atoms with Crippen molar-refractivity contribution in [2.75, 3.05) is 21.3 Å². The molecule has 1 fully saturated rings. The van der Waals surface area contributed by atoms with Crippen molar-refractivity contribution in [1.82, 2.24) is 14.6 Å².